The van der Waals surface area contributed by atoms with Crippen molar-refractivity contribution in [1.29, 1.82) is 0 Å². The minimum absolute atomic E-state index is 0.206. The van der Waals surface area contributed by atoms with Gasteiger partial charge in [0.1, 0.15) is 5.75 Å². The van der Waals surface area contributed by atoms with E-state index in [0.29, 0.717) is 37.3 Å². The summed E-state index contributed by atoms with van der Waals surface area (Å²) in [6.45, 7) is 7.61. The van der Waals surface area contributed by atoms with Gasteiger partial charge in [0.15, 0.2) is 0 Å². The zero-order valence-electron chi connectivity index (χ0n) is 14.5. The van der Waals surface area contributed by atoms with Crippen molar-refractivity contribution in [3.63, 3.8) is 0 Å². The Hall–Kier alpha value is -1.80. The highest BCUT2D eigenvalue weighted by Gasteiger charge is 2.05. The van der Waals surface area contributed by atoms with E-state index < -0.39 is 0 Å². The first-order chi connectivity index (χ1) is 11.7. The van der Waals surface area contributed by atoms with Gasteiger partial charge in [0.2, 0.25) is 0 Å². The lowest BCUT2D eigenvalue weighted by Gasteiger charge is -2.06. The molecule has 24 heavy (non-hydrogen) atoms. The Kier molecular flexibility index (Phi) is 10.6. The second-order valence-corrected chi connectivity index (χ2v) is 5.44. The van der Waals surface area contributed by atoms with E-state index in [1.54, 1.807) is 12.4 Å². The molecular formula is C17H30N6O. The van der Waals surface area contributed by atoms with E-state index in [4.69, 9.17) is 11.5 Å². The molecule has 0 heterocycles. The van der Waals surface area contributed by atoms with Crippen molar-refractivity contribution in [2.75, 3.05) is 52.4 Å². The summed E-state index contributed by atoms with van der Waals surface area (Å²) in [6.07, 6.45) is 3.40. The number of hydrogen-bond acceptors (Lipinski definition) is 7. The summed E-state index contributed by atoms with van der Waals surface area (Å²) in [5.41, 5.74) is 13.3. The first kappa shape index (κ1) is 20.2. The average Bonchev–Trinajstić information content (AvgIpc) is 2.57. The number of aliphatic imine (C=N–C) groups is 2. The third-order valence-corrected chi connectivity index (χ3v) is 3.25. The van der Waals surface area contributed by atoms with Crippen LogP contribution in [-0.4, -0.2) is 69.9 Å². The van der Waals surface area contributed by atoms with Crippen LogP contribution in [-0.2, 0) is 0 Å². The molecule has 1 aromatic carbocycles. The minimum Gasteiger partial charge on any atom is -0.507 e. The average molecular weight is 334 g/mol. The highest BCUT2D eigenvalue weighted by molar-refractivity contribution is 5.92. The summed E-state index contributed by atoms with van der Waals surface area (Å²) in [5.74, 6) is 0.206. The molecule has 0 atom stereocenters. The van der Waals surface area contributed by atoms with Gasteiger partial charge >= 0.3 is 0 Å². The second-order valence-electron chi connectivity index (χ2n) is 5.44. The molecule has 7 nitrogen and oxygen atoms in total. The fourth-order valence-electron chi connectivity index (χ4n) is 2.10. The largest absolute Gasteiger partial charge is 0.507 e. The van der Waals surface area contributed by atoms with E-state index >= 15 is 0 Å². The highest BCUT2D eigenvalue weighted by atomic mass is 16.3. The van der Waals surface area contributed by atoms with E-state index in [1.807, 2.05) is 19.1 Å². The lowest BCUT2D eigenvalue weighted by atomic mass is 10.1. The standard InChI is InChI=1S/C17H30N6O/c1-14-10-15(12-22-8-6-20-4-2-18)17(24)16(11-14)13-23-9-7-21-5-3-19/h10-13,20-21,24H,2-9,18-19H2,1H3. The van der Waals surface area contributed by atoms with Crippen LogP contribution in [0.1, 0.15) is 16.7 Å². The molecule has 0 fully saturated rings. The molecule has 1 aromatic rings. The zero-order chi connectivity index (χ0) is 17.6. The maximum absolute atomic E-state index is 10.3. The number of nitrogens with one attached hydrogen (secondary N) is 2. The number of rotatable bonds is 12. The lowest BCUT2D eigenvalue weighted by molar-refractivity contribution is 0.473. The number of nitrogens with zero attached hydrogens (tertiary/aromatic N) is 2. The van der Waals surface area contributed by atoms with Crippen LogP contribution in [0, 0.1) is 6.92 Å². The number of phenols is 1. The monoisotopic (exact) mass is 334 g/mol. The van der Waals surface area contributed by atoms with E-state index in [1.165, 1.54) is 0 Å². The van der Waals surface area contributed by atoms with Crippen molar-refractivity contribution in [3.8, 4) is 5.75 Å². The summed E-state index contributed by atoms with van der Waals surface area (Å²) < 4.78 is 0. The molecule has 0 aliphatic rings. The predicted octanol–water partition coefficient (Wildman–Crippen LogP) is -0.365. The maximum Gasteiger partial charge on any atom is 0.133 e. The topological polar surface area (TPSA) is 121 Å². The van der Waals surface area contributed by atoms with Crippen LogP contribution in [0.15, 0.2) is 22.1 Å². The summed E-state index contributed by atoms with van der Waals surface area (Å²) in [6, 6.07) is 3.82. The van der Waals surface area contributed by atoms with E-state index in [9.17, 15) is 5.11 Å². The maximum atomic E-state index is 10.3. The summed E-state index contributed by atoms with van der Waals surface area (Å²) >= 11 is 0. The Labute approximate surface area is 144 Å². The fraction of sp³-hybridized carbons (Fsp3) is 0.529. The van der Waals surface area contributed by atoms with Crippen LogP contribution in [0.2, 0.25) is 0 Å². The van der Waals surface area contributed by atoms with Crippen LogP contribution in [0.5, 0.6) is 5.75 Å². The Morgan fingerprint density at radius 2 is 1.38 bits per heavy atom. The van der Waals surface area contributed by atoms with Crippen LogP contribution in [0.4, 0.5) is 0 Å². The van der Waals surface area contributed by atoms with Crippen molar-refractivity contribution in [2.24, 2.45) is 21.5 Å². The third-order valence-electron chi connectivity index (χ3n) is 3.25. The number of benzene rings is 1. The van der Waals surface area contributed by atoms with E-state index in [-0.39, 0.29) is 5.75 Å². The van der Waals surface area contributed by atoms with Gasteiger partial charge in [-0.05, 0) is 24.6 Å². The minimum atomic E-state index is 0.206. The molecule has 0 aliphatic carbocycles. The summed E-state index contributed by atoms with van der Waals surface area (Å²) in [7, 11) is 0. The van der Waals surface area contributed by atoms with Gasteiger partial charge in [-0.25, -0.2) is 0 Å². The first-order valence-corrected chi connectivity index (χ1v) is 8.34. The van der Waals surface area contributed by atoms with Crippen LogP contribution in [0.3, 0.4) is 0 Å². The Morgan fingerprint density at radius 3 is 1.79 bits per heavy atom. The molecule has 0 saturated heterocycles. The molecule has 7 N–H and O–H groups in total. The van der Waals surface area contributed by atoms with Gasteiger partial charge in [-0.15, -0.1) is 0 Å². The third kappa shape index (κ3) is 8.16. The second kappa shape index (κ2) is 12.6. The van der Waals surface area contributed by atoms with Gasteiger partial charge < -0.3 is 27.2 Å². The normalized spacial score (nSPS) is 11.8. The number of nitrogens with two attached hydrogens (primary N) is 2. The first-order valence-electron chi connectivity index (χ1n) is 8.34. The van der Waals surface area contributed by atoms with Gasteiger partial charge in [-0.2, -0.15) is 0 Å². The van der Waals surface area contributed by atoms with Gasteiger partial charge in [-0.1, -0.05) is 0 Å². The molecule has 1 rings (SSSR count). The van der Waals surface area contributed by atoms with Crippen LogP contribution < -0.4 is 22.1 Å². The summed E-state index contributed by atoms with van der Waals surface area (Å²) in [5, 5.41) is 16.7. The Bertz CT molecular complexity index is 487. The fourth-order valence-corrected chi connectivity index (χ4v) is 2.10. The molecule has 0 unspecified atom stereocenters. The number of aromatic hydroxyl groups is 1. The molecule has 0 aromatic heterocycles. The van der Waals surface area contributed by atoms with Crippen molar-refractivity contribution in [2.45, 2.75) is 6.92 Å². The smallest absolute Gasteiger partial charge is 0.133 e. The molecule has 0 spiro atoms. The Balaban J connectivity index is 2.59. The molecule has 7 heteroatoms. The molecule has 0 saturated carbocycles. The van der Waals surface area contributed by atoms with Crippen LogP contribution >= 0.6 is 0 Å². The number of aryl methyl sites for hydroxylation is 1. The zero-order valence-corrected chi connectivity index (χ0v) is 14.5. The molecule has 134 valence electrons. The van der Waals surface area contributed by atoms with Crippen LogP contribution in [0.25, 0.3) is 0 Å². The van der Waals surface area contributed by atoms with Crippen molar-refractivity contribution >= 4 is 12.4 Å². The van der Waals surface area contributed by atoms with Gasteiger partial charge in [0, 0.05) is 62.8 Å². The van der Waals surface area contributed by atoms with Crippen molar-refractivity contribution < 1.29 is 5.11 Å². The summed E-state index contributed by atoms with van der Waals surface area (Å²) in [4.78, 5) is 8.66. The molecular weight excluding hydrogens is 304 g/mol. The molecule has 0 aliphatic heterocycles. The molecule has 0 radical (unpaired) electrons. The highest BCUT2D eigenvalue weighted by Crippen LogP contribution is 2.21. The van der Waals surface area contributed by atoms with E-state index in [2.05, 4.69) is 20.6 Å². The quantitative estimate of drug-likeness (QED) is 0.264. The number of phenolic OH excluding ortho intramolecular Hbond substituents is 1. The predicted molar refractivity (Wildman–Crippen MR) is 102 cm³/mol. The number of hydrogen-bond donors (Lipinski definition) is 5. The van der Waals surface area contributed by atoms with E-state index in [0.717, 1.165) is 31.7 Å². The molecule has 0 amide bonds. The van der Waals surface area contributed by atoms with Crippen molar-refractivity contribution in [1.82, 2.24) is 10.6 Å². The Morgan fingerprint density at radius 1 is 0.917 bits per heavy atom. The molecule has 0 bridgehead atoms. The lowest BCUT2D eigenvalue weighted by Crippen LogP contribution is -2.24. The van der Waals surface area contributed by atoms with Gasteiger partial charge in [0.25, 0.3) is 0 Å². The van der Waals surface area contributed by atoms with Gasteiger partial charge in [0.05, 0.1) is 13.1 Å². The van der Waals surface area contributed by atoms with Crippen molar-refractivity contribution in [3.05, 3.63) is 28.8 Å². The SMILES string of the molecule is Cc1cc(C=NCCNCCN)c(O)c(C=NCCNCCN)c1. The van der Waals surface area contributed by atoms with Gasteiger partial charge in [-0.3, -0.25) is 9.98 Å².